The molecule has 0 saturated heterocycles. The highest BCUT2D eigenvalue weighted by molar-refractivity contribution is 5.39. The average Bonchev–Trinajstić information content (AvgIpc) is 2.32. The summed E-state index contributed by atoms with van der Waals surface area (Å²) < 4.78 is 0. The fraction of sp³-hybridized carbons (Fsp3) is 0.615. The van der Waals surface area contributed by atoms with Gasteiger partial charge in [0.1, 0.15) is 0 Å². The maximum atomic E-state index is 4.09. The molecule has 0 bridgehead atoms. The number of hydrogen-bond acceptors (Lipinski definition) is 2. The predicted molar refractivity (Wildman–Crippen MR) is 63.9 cm³/mol. The minimum absolute atomic E-state index is 0.961. The van der Waals surface area contributed by atoms with Gasteiger partial charge in [-0.15, -0.1) is 0 Å². The van der Waals surface area contributed by atoms with Gasteiger partial charge in [-0.05, 0) is 24.5 Å². The van der Waals surface area contributed by atoms with Crippen molar-refractivity contribution < 1.29 is 0 Å². The fourth-order valence-electron chi connectivity index (χ4n) is 2.36. The van der Waals surface area contributed by atoms with Crippen LogP contribution in [-0.2, 0) is 0 Å². The SMILES string of the molecule is c1cncc(NCCC2CCCCC2)c1. The molecular formula is C13H20N2. The fourth-order valence-corrected chi connectivity index (χ4v) is 2.36. The van der Waals surface area contributed by atoms with Crippen molar-refractivity contribution in [3.63, 3.8) is 0 Å². The molecule has 1 aromatic rings. The van der Waals surface area contributed by atoms with Crippen LogP contribution < -0.4 is 5.32 Å². The number of nitrogens with one attached hydrogen (secondary N) is 1. The molecule has 1 aliphatic carbocycles. The predicted octanol–water partition coefficient (Wildman–Crippen LogP) is 3.46. The van der Waals surface area contributed by atoms with Gasteiger partial charge in [-0.1, -0.05) is 32.1 Å². The second kappa shape index (κ2) is 5.74. The summed E-state index contributed by atoms with van der Waals surface area (Å²) >= 11 is 0. The third kappa shape index (κ3) is 3.54. The van der Waals surface area contributed by atoms with E-state index in [0.717, 1.165) is 18.2 Å². The van der Waals surface area contributed by atoms with Crippen LogP contribution in [0.1, 0.15) is 38.5 Å². The van der Waals surface area contributed by atoms with Crippen LogP contribution in [0.25, 0.3) is 0 Å². The number of rotatable bonds is 4. The van der Waals surface area contributed by atoms with E-state index in [0.29, 0.717) is 0 Å². The van der Waals surface area contributed by atoms with Crippen molar-refractivity contribution in [2.24, 2.45) is 5.92 Å². The standard InChI is InChI=1S/C13H20N2/c1-2-5-12(6-3-1)8-10-15-13-7-4-9-14-11-13/h4,7,9,11-12,15H,1-3,5-6,8,10H2. The number of hydrogen-bond donors (Lipinski definition) is 1. The van der Waals surface area contributed by atoms with E-state index in [1.54, 1.807) is 0 Å². The first-order valence-corrected chi connectivity index (χ1v) is 6.09. The number of anilines is 1. The highest BCUT2D eigenvalue weighted by Crippen LogP contribution is 2.26. The molecule has 0 aromatic carbocycles. The Morgan fingerprint density at radius 1 is 1.27 bits per heavy atom. The van der Waals surface area contributed by atoms with Gasteiger partial charge in [-0.25, -0.2) is 0 Å². The van der Waals surface area contributed by atoms with E-state index >= 15 is 0 Å². The second-order valence-electron chi connectivity index (χ2n) is 4.46. The van der Waals surface area contributed by atoms with E-state index in [1.807, 2.05) is 18.5 Å². The Labute approximate surface area is 92.1 Å². The third-order valence-corrected chi connectivity index (χ3v) is 3.27. The molecule has 2 rings (SSSR count). The Bertz CT molecular complexity index is 265. The van der Waals surface area contributed by atoms with Gasteiger partial charge >= 0.3 is 0 Å². The van der Waals surface area contributed by atoms with Crippen LogP contribution in [0.4, 0.5) is 5.69 Å². The first-order valence-electron chi connectivity index (χ1n) is 6.09. The van der Waals surface area contributed by atoms with Crippen LogP contribution in [0.15, 0.2) is 24.5 Å². The number of nitrogens with zero attached hydrogens (tertiary/aromatic N) is 1. The van der Waals surface area contributed by atoms with Gasteiger partial charge in [0.25, 0.3) is 0 Å². The van der Waals surface area contributed by atoms with Crippen molar-refractivity contribution in [2.45, 2.75) is 38.5 Å². The van der Waals surface area contributed by atoms with E-state index in [4.69, 9.17) is 0 Å². The van der Waals surface area contributed by atoms with Crippen molar-refractivity contribution >= 4 is 5.69 Å². The molecule has 2 heteroatoms. The molecule has 0 radical (unpaired) electrons. The molecule has 1 aromatic heterocycles. The topological polar surface area (TPSA) is 24.9 Å². The van der Waals surface area contributed by atoms with Gasteiger partial charge < -0.3 is 5.32 Å². The maximum absolute atomic E-state index is 4.09. The lowest BCUT2D eigenvalue weighted by Gasteiger charge is -2.21. The molecule has 1 heterocycles. The molecule has 0 amide bonds. The quantitative estimate of drug-likeness (QED) is 0.812. The van der Waals surface area contributed by atoms with Crippen molar-refractivity contribution in [1.29, 1.82) is 0 Å². The molecule has 0 aliphatic heterocycles. The van der Waals surface area contributed by atoms with Crippen molar-refractivity contribution in [1.82, 2.24) is 4.98 Å². The van der Waals surface area contributed by atoms with Gasteiger partial charge in [0.05, 0.1) is 5.69 Å². The van der Waals surface area contributed by atoms with Crippen LogP contribution in [0.2, 0.25) is 0 Å². The zero-order chi connectivity index (χ0) is 10.3. The molecule has 2 nitrogen and oxygen atoms in total. The van der Waals surface area contributed by atoms with Crippen molar-refractivity contribution in [3.8, 4) is 0 Å². The summed E-state index contributed by atoms with van der Waals surface area (Å²) in [6.45, 7) is 1.09. The Balaban J connectivity index is 1.66. The average molecular weight is 204 g/mol. The summed E-state index contributed by atoms with van der Waals surface area (Å²) in [7, 11) is 0. The summed E-state index contributed by atoms with van der Waals surface area (Å²) in [6.07, 6.45) is 12.2. The van der Waals surface area contributed by atoms with E-state index in [9.17, 15) is 0 Å². The zero-order valence-electron chi connectivity index (χ0n) is 9.28. The minimum Gasteiger partial charge on any atom is -0.384 e. The molecule has 15 heavy (non-hydrogen) atoms. The molecule has 82 valence electrons. The lowest BCUT2D eigenvalue weighted by Crippen LogP contribution is -2.12. The highest BCUT2D eigenvalue weighted by Gasteiger charge is 2.12. The summed E-state index contributed by atoms with van der Waals surface area (Å²) in [6, 6.07) is 4.05. The van der Waals surface area contributed by atoms with Crippen LogP contribution in [-0.4, -0.2) is 11.5 Å². The van der Waals surface area contributed by atoms with Crippen LogP contribution in [0.3, 0.4) is 0 Å². The summed E-state index contributed by atoms with van der Waals surface area (Å²) in [5.74, 6) is 0.961. The van der Waals surface area contributed by atoms with Gasteiger partial charge in [-0.2, -0.15) is 0 Å². The summed E-state index contributed by atoms with van der Waals surface area (Å²) in [5.41, 5.74) is 1.15. The number of aromatic nitrogens is 1. The smallest absolute Gasteiger partial charge is 0.0526 e. The van der Waals surface area contributed by atoms with Crippen LogP contribution in [0, 0.1) is 5.92 Å². The first kappa shape index (κ1) is 10.5. The molecule has 1 fully saturated rings. The Hall–Kier alpha value is -1.05. The molecule has 1 saturated carbocycles. The minimum atomic E-state index is 0.961. The van der Waals surface area contributed by atoms with Crippen molar-refractivity contribution in [2.75, 3.05) is 11.9 Å². The third-order valence-electron chi connectivity index (χ3n) is 3.27. The maximum Gasteiger partial charge on any atom is 0.0526 e. The lowest BCUT2D eigenvalue weighted by molar-refractivity contribution is 0.345. The van der Waals surface area contributed by atoms with Crippen LogP contribution in [0.5, 0.6) is 0 Å². The van der Waals surface area contributed by atoms with Crippen molar-refractivity contribution in [3.05, 3.63) is 24.5 Å². The normalized spacial score (nSPS) is 17.6. The highest BCUT2D eigenvalue weighted by atomic mass is 14.9. The Kier molecular flexibility index (Phi) is 4.01. The van der Waals surface area contributed by atoms with E-state index in [-0.39, 0.29) is 0 Å². The van der Waals surface area contributed by atoms with Crippen LogP contribution >= 0.6 is 0 Å². The molecule has 0 spiro atoms. The largest absolute Gasteiger partial charge is 0.384 e. The van der Waals surface area contributed by atoms with Gasteiger partial charge in [0.2, 0.25) is 0 Å². The monoisotopic (exact) mass is 204 g/mol. The Morgan fingerprint density at radius 3 is 2.87 bits per heavy atom. The Morgan fingerprint density at radius 2 is 2.13 bits per heavy atom. The lowest BCUT2D eigenvalue weighted by atomic mass is 9.87. The first-order chi connectivity index (χ1) is 7.45. The summed E-state index contributed by atoms with van der Waals surface area (Å²) in [4.78, 5) is 4.09. The van der Waals surface area contributed by atoms with Gasteiger partial charge in [0, 0.05) is 18.9 Å². The van der Waals surface area contributed by atoms with E-state index in [2.05, 4.69) is 16.4 Å². The number of pyridine rings is 1. The van der Waals surface area contributed by atoms with Gasteiger partial charge in [-0.3, -0.25) is 4.98 Å². The van der Waals surface area contributed by atoms with E-state index in [1.165, 1.54) is 38.5 Å². The zero-order valence-corrected chi connectivity index (χ0v) is 9.28. The molecule has 0 atom stereocenters. The molecule has 1 N–H and O–H groups in total. The molecule has 0 unspecified atom stereocenters. The second-order valence-corrected chi connectivity index (χ2v) is 4.46. The molecular weight excluding hydrogens is 184 g/mol. The molecule has 1 aliphatic rings. The summed E-state index contributed by atoms with van der Waals surface area (Å²) in [5, 5.41) is 3.43. The van der Waals surface area contributed by atoms with E-state index < -0.39 is 0 Å². The van der Waals surface area contributed by atoms with Gasteiger partial charge in [0.15, 0.2) is 0 Å².